The van der Waals surface area contributed by atoms with E-state index < -0.39 is 0 Å². The minimum absolute atomic E-state index is 0.0387. The van der Waals surface area contributed by atoms with Gasteiger partial charge in [0.15, 0.2) is 0 Å². The van der Waals surface area contributed by atoms with Gasteiger partial charge in [-0.25, -0.2) is 4.79 Å². The van der Waals surface area contributed by atoms with E-state index in [0.29, 0.717) is 18.1 Å². The third kappa shape index (κ3) is 2.31. The van der Waals surface area contributed by atoms with E-state index in [9.17, 15) is 4.79 Å². The van der Waals surface area contributed by atoms with Gasteiger partial charge in [0.2, 0.25) is 0 Å². The van der Waals surface area contributed by atoms with Gasteiger partial charge in [-0.3, -0.25) is 5.32 Å². The molecule has 4 heterocycles. The molecule has 2 aromatic heterocycles. The standard InChI is InChI=1S/C14H17N5OS/c20-14(17-13-2-1-7-21-13)18-10-3-4-11(18)9-12(8-10)19-15-5-6-16-19/h1-2,5-7,10-12H,3-4,8-9H2,(H,17,20). The maximum Gasteiger partial charge on any atom is 0.322 e. The van der Waals surface area contributed by atoms with Crippen LogP contribution in [0.4, 0.5) is 9.80 Å². The Hall–Kier alpha value is -1.89. The van der Waals surface area contributed by atoms with Crippen LogP contribution in [0.3, 0.4) is 0 Å². The van der Waals surface area contributed by atoms with Crippen molar-refractivity contribution in [3.63, 3.8) is 0 Å². The van der Waals surface area contributed by atoms with Crippen molar-refractivity contribution >= 4 is 22.4 Å². The number of urea groups is 1. The Bertz CT molecular complexity index is 597. The normalized spacial score (nSPS) is 27.8. The number of hydrogen-bond acceptors (Lipinski definition) is 4. The molecule has 0 aliphatic carbocycles. The highest BCUT2D eigenvalue weighted by atomic mass is 32.1. The van der Waals surface area contributed by atoms with Gasteiger partial charge in [-0.05, 0) is 43.2 Å². The molecule has 2 aromatic rings. The Morgan fingerprint density at radius 3 is 2.52 bits per heavy atom. The fourth-order valence-corrected chi connectivity index (χ4v) is 4.21. The van der Waals surface area contributed by atoms with Crippen molar-refractivity contribution in [1.29, 1.82) is 0 Å². The average Bonchev–Trinajstić information content (AvgIpc) is 3.20. The summed E-state index contributed by atoms with van der Waals surface area (Å²) in [6.45, 7) is 0. The second kappa shape index (κ2) is 5.14. The lowest BCUT2D eigenvalue weighted by Gasteiger charge is -2.38. The quantitative estimate of drug-likeness (QED) is 0.928. The zero-order valence-electron chi connectivity index (χ0n) is 11.6. The zero-order valence-corrected chi connectivity index (χ0v) is 12.4. The SMILES string of the molecule is O=C(Nc1cccs1)N1C2CCC1CC(n1nccn1)C2. The number of anilines is 1. The molecule has 4 rings (SSSR count). The van der Waals surface area contributed by atoms with Crippen LogP contribution in [0.25, 0.3) is 0 Å². The first-order chi connectivity index (χ1) is 10.3. The van der Waals surface area contributed by atoms with Crippen molar-refractivity contribution in [2.45, 2.75) is 43.8 Å². The van der Waals surface area contributed by atoms with Crippen molar-refractivity contribution in [3.8, 4) is 0 Å². The lowest BCUT2D eigenvalue weighted by Crippen LogP contribution is -2.48. The van der Waals surface area contributed by atoms with Crippen LogP contribution >= 0.6 is 11.3 Å². The van der Waals surface area contributed by atoms with Crippen LogP contribution < -0.4 is 5.32 Å². The van der Waals surface area contributed by atoms with Gasteiger partial charge in [0.1, 0.15) is 0 Å². The molecule has 0 saturated carbocycles. The van der Waals surface area contributed by atoms with Crippen LogP contribution in [0.1, 0.15) is 31.7 Å². The number of nitrogens with one attached hydrogen (secondary N) is 1. The highest BCUT2D eigenvalue weighted by Gasteiger charge is 2.44. The number of amides is 2. The van der Waals surface area contributed by atoms with E-state index in [1.807, 2.05) is 22.4 Å². The minimum Gasteiger partial charge on any atom is -0.318 e. The number of hydrogen-bond donors (Lipinski definition) is 1. The van der Waals surface area contributed by atoms with Gasteiger partial charge in [-0.2, -0.15) is 15.0 Å². The van der Waals surface area contributed by atoms with Crippen LogP contribution in [0, 0.1) is 0 Å². The Kier molecular flexibility index (Phi) is 3.14. The molecule has 2 amide bonds. The summed E-state index contributed by atoms with van der Waals surface area (Å²) in [5, 5.41) is 14.4. The second-order valence-corrected chi connectivity index (χ2v) is 6.62. The molecule has 0 radical (unpaired) electrons. The van der Waals surface area contributed by atoms with Crippen molar-refractivity contribution in [1.82, 2.24) is 19.9 Å². The summed E-state index contributed by atoms with van der Waals surface area (Å²) < 4.78 is 0. The van der Waals surface area contributed by atoms with Crippen LogP contribution in [0.5, 0.6) is 0 Å². The number of rotatable bonds is 2. The van der Waals surface area contributed by atoms with Crippen molar-refractivity contribution < 1.29 is 4.79 Å². The largest absolute Gasteiger partial charge is 0.322 e. The molecule has 0 spiro atoms. The molecular formula is C14H17N5OS. The van der Waals surface area contributed by atoms with Gasteiger partial charge in [-0.15, -0.1) is 11.3 Å². The summed E-state index contributed by atoms with van der Waals surface area (Å²) in [5.41, 5.74) is 0. The molecule has 110 valence electrons. The smallest absolute Gasteiger partial charge is 0.318 e. The topological polar surface area (TPSA) is 63.1 Å². The number of carbonyl (C=O) groups is 1. The molecule has 2 aliphatic rings. The zero-order chi connectivity index (χ0) is 14.2. The van der Waals surface area contributed by atoms with E-state index in [4.69, 9.17) is 0 Å². The maximum atomic E-state index is 12.5. The van der Waals surface area contributed by atoms with E-state index >= 15 is 0 Å². The highest BCUT2D eigenvalue weighted by molar-refractivity contribution is 7.14. The molecular weight excluding hydrogens is 286 g/mol. The van der Waals surface area contributed by atoms with Crippen molar-refractivity contribution in [2.75, 3.05) is 5.32 Å². The molecule has 21 heavy (non-hydrogen) atoms. The molecule has 2 fully saturated rings. The van der Waals surface area contributed by atoms with Gasteiger partial charge >= 0.3 is 6.03 Å². The van der Waals surface area contributed by atoms with Gasteiger partial charge in [0, 0.05) is 12.1 Å². The van der Waals surface area contributed by atoms with E-state index in [2.05, 4.69) is 15.5 Å². The summed E-state index contributed by atoms with van der Waals surface area (Å²) in [6.07, 6.45) is 7.50. The number of carbonyl (C=O) groups excluding carboxylic acids is 1. The van der Waals surface area contributed by atoms with Gasteiger partial charge in [0.05, 0.1) is 23.4 Å². The first-order valence-electron chi connectivity index (χ1n) is 7.30. The summed E-state index contributed by atoms with van der Waals surface area (Å²) >= 11 is 1.55. The third-order valence-electron chi connectivity index (χ3n) is 4.46. The van der Waals surface area contributed by atoms with E-state index in [0.717, 1.165) is 30.7 Å². The molecule has 2 unspecified atom stereocenters. The predicted molar refractivity (Wildman–Crippen MR) is 80.3 cm³/mol. The molecule has 0 aromatic carbocycles. The number of piperidine rings is 1. The summed E-state index contributed by atoms with van der Waals surface area (Å²) in [6, 6.07) is 4.86. The number of aromatic nitrogens is 3. The molecule has 2 atom stereocenters. The van der Waals surface area contributed by atoms with Crippen LogP contribution in [0.15, 0.2) is 29.9 Å². The highest BCUT2D eigenvalue weighted by Crippen LogP contribution is 2.40. The van der Waals surface area contributed by atoms with E-state index in [1.54, 1.807) is 28.5 Å². The van der Waals surface area contributed by atoms with Crippen molar-refractivity contribution in [2.24, 2.45) is 0 Å². The second-order valence-electron chi connectivity index (χ2n) is 5.67. The van der Waals surface area contributed by atoms with Crippen LogP contribution in [-0.2, 0) is 0 Å². The minimum atomic E-state index is 0.0387. The fourth-order valence-electron chi connectivity index (χ4n) is 3.60. The monoisotopic (exact) mass is 303 g/mol. The molecule has 2 saturated heterocycles. The third-order valence-corrected chi connectivity index (χ3v) is 5.24. The number of fused-ring (bicyclic) bond motifs is 2. The fraction of sp³-hybridized carbons (Fsp3) is 0.500. The van der Waals surface area contributed by atoms with Gasteiger partial charge in [-0.1, -0.05) is 0 Å². The summed E-state index contributed by atoms with van der Waals surface area (Å²) in [5.74, 6) is 0. The molecule has 1 N–H and O–H groups in total. The molecule has 2 aliphatic heterocycles. The summed E-state index contributed by atoms with van der Waals surface area (Å²) in [4.78, 5) is 16.3. The van der Waals surface area contributed by atoms with E-state index in [1.165, 1.54) is 0 Å². The molecule has 7 heteroatoms. The Balaban J connectivity index is 1.48. The Morgan fingerprint density at radius 2 is 1.90 bits per heavy atom. The van der Waals surface area contributed by atoms with Gasteiger partial charge in [0.25, 0.3) is 0 Å². The first kappa shape index (κ1) is 12.8. The summed E-state index contributed by atoms with van der Waals surface area (Å²) in [7, 11) is 0. The van der Waals surface area contributed by atoms with Crippen LogP contribution in [-0.4, -0.2) is 38.0 Å². The van der Waals surface area contributed by atoms with E-state index in [-0.39, 0.29) is 6.03 Å². The van der Waals surface area contributed by atoms with Gasteiger partial charge < -0.3 is 4.90 Å². The first-order valence-corrected chi connectivity index (χ1v) is 8.18. The lowest BCUT2D eigenvalue weighted by molar-refractivity contribution is 0.124. The Labute approximate surface area is 126 Å². The van der Waals surface area contributed by atoms with Crippen molar-refractivity contribution in [3.05, 3.63) is 29.9 Å². The average molecular weight is 303 g/mol. The molecule has 2 bridgehead atoms. The molecule has 6 nitrogen and oxygen atoms in total. The lowest BCUT2D eigenvalue weighted by atomic mass is 9.98. The predicted octanol–water partition coefficient (Wildman–Crippen LogP) is 2.74. The van der Waals surface area contributed by atoms with Crippen LogP contribution in [0.2, 0.25) is 0 Å². The Morgan fingerprint density at radius 1 is 1.19 bits per heavy atom. The number of thiophene rings is 1. The number of nitrogens with zero attached hydrogens (tertiary/aromatic N) is 4. The maximum absolute atomic E-state index is 12.5.